The lowest BCUT2D eigenvalue weighted by Crippen LogP contribution is -2.15. The third-order valence-electron chi connectivity index (χ3n) is 2.98. The summed E-state index contributed by atoms with van der Waals surface area (Å²) in [6.07, 6.45) is 0.284. The molecule has 1 amide bonds. The lowest BCUT2D eigenvalue weighted by atomic mass is 10.1. The van der Waals surface area contributed by atoms with Crippen molar-refractivity contribution in [3.63, 3.8) is 0 Å². The first-order valence-corrected chi connectivity index (χ1v) is 7.03. The molecule has 0 bridgehead atoms. The molecule has 0 spiro atoms. The van der Waals surface area contributed by atoms with Crippen LogP contribution >= 0.6 is 22.6 Å². The minimum atomic E-state index is -0.0568. The van der Waals surface area contributed by atoms with E-state index in [1.807, 2.05) is 39.0 Å². The average Bonchev–Trinajstić information content (AvgIpc) is 2.65. The van der Waals surface area contributed by atoms with Crippen molar-refractivity contribution in [1.82, 2.24) is 5.16 Å². The molecule has 1 aromatic heterocycles. The molecule has 1 N–H and O–H groups in total. The van der Waals surface area contributed by atoms with Gasteiger partial charge in [-0.15, -0.1) is 0 Å². The minimum absolute atomic E-state index is 0.0568. The first kappa shape index (κ1) is 14.0. The van der Waals surface area contributed by atoms with E-state index in [2.05, 4.69) is 33.1 Å². The predicted molar refractivity (Wildman–Crippen MR) is 82.2 cm³/mol. The maximum absolute atomic E-state index is 12.0. The van der Waals surface area contributed by atoms with Crippen molar-refractivity contribution in [3.8, 4) is 0 Å². The van der Waals surface area contributed by atoms with Crippen molar-refractivity contribution in [2.45, 2.75) is 27.2 Å². The molecule has 1 aromatic carbocycles. The quantitative estimate of drug-likeness (QED) is 0.843. The number of benzene rings is 1. The van der Waals surface area contributed by atoms with Crippen LogP contribution in [0.25, 0.3) is 0 Å². The highest BCUT2D eigenvalue weighted by atomic mass is 127. The van der Waals surface area contributed by atoms with Gasteiger partial charge < -0.3 is 9.84 Å². The van der Waals surface area contributed by atoms with E-state index in [1.54, 1.807) is 0 Å². The maximum atomic E-state index is 12.0. The molecule has 0 radical (unpaired) electrons. The molecule has 1 heterocycles. The average molecular weight is 370 g/mol. The van der Waals surface area contributed by atoms with Crippen LogP contribution in [-0.2, 0) is 11.2 Å². The number of halogens is 1. The van der Waals surface area contributed by atoms with Crippen molar-refractivity contribution >= 4 is 34.2 Å². The molecule has 19 heavy (non-hydrogen) atoms. The van der Waals surface area contributed by atoms with Gasteiger partial charge in [0, 0.05) is 14.8 Å². The van der Waals surface area contributed by atoms with Crippen LogP contribution in [0.4, 0.5) is 5.69 Å². The molecule has 0 atom stereocenters. The van der Waals surface area contributed by atoms with Crippen LogP contribution in [0.15, 0.2) is 22.7 Å². The number of nitrogens with one attached hydrogen (secondary N) is 1. The van der Waals surface area contributed by atoms with Crippen molar-refractivity contribution in [3.05, 3.63) is 44.4 Å². The number of aromatic nitrogens is 1. The van der Waals surface area contributed by atoms with E-state index in [1.165, 1.54) is 0 Å². The van der Waals surface area contributed by atoms with E-state index >= 15 is 0 Å². The van der Waals surface area contributed by atoms with Crippen LogP contribution in [0.1, 0.15) is 22.6 Å². The smallest absolute Gasteiger partial charge is 0.229 e. The van der Waals surface area contributed by atoms with Crippen molar-refractivity contribution in [2.75, 3.05) is 5.32 Å². The van der Waals surface area contributed by atoms with Crippen LogP contribution in [-0.4, -0.2) is 11.1 Å². The van der Waals surface area contributed by atoms with Gasteiger partial charge in [0.15, 0.2) is 0 Å². The molecule has 0 fully saturated rings. The monoisotopic (exact) mass is 370 g/mol. The van der Waals surface area contributed by atoms with Crippen molar-refractivity contribution < 1.29 is 9.32 Å². The predicted octanol–water partition coefficient (Wildman–Crippen LogP) is 3.39. The Morgan fingerprint density at radius 1 is 1.37 bits per heavy atom. The van der Waals surface area contributed by atoms with Crippen LogP contribution in [0, 0.1) is 24.3 Å². The number of hydrogen-bond acceptors (Lipinski definition) is 3. The molecule has 0 saturated carbocycles. The lowest BCUT2D eigenvalue weighted by molar-refractivity contribution is -0.115. The first-order valence-electron chi connectivity index (χ1n) is 5.95. The Morgan fingerprint density at radius 2 is 2.11 bits per heavy atom. The summed E-state index contributed by atoms with van der Waals surface area (Å²) in [5, 5.41) is 6.77. The van der Waals surface area contributed by atoms with E-state index in [0.29, 0.717) is 5.76 Å². The topological polar surface area (TPSA) is 55.1 Å². The number of aryl methyl sites for hydroxylation is 3. The minimum Gasteiger partial charge on any atom is -0.361 e. The van der Waals surface area contributed by atoms with Crippen molar-refractivity contribution in [2.24, 2.45) is 0 Å². The molecule has 0 unspecified atom stereocenters. The lowest BCUT2D eigenvalue weighted by Gasteiger charge is -2.08. The van der Waals surface area contributed by atoms with Gasteiger partial charge in [0.25, 0.3) is 0 Å². The van der Waals surface area contributed by atoms with Gasteiger partial charge in [0.2, 0.25) is 5.91 Å². The van der Waals surface area contributed by atoms with E-state index in [-0.39, 0.29) is 12.3 Å². The zero-order chi connectivity index (χ0) is 14.0. The zero-order valence-electron chi connectivity index (χ0n) is 11.1. The second-order valence-electron chi connectivity index (χ2n) is 4.49. The molecular formula is C14H15IN2O2. The molecule has 0 aliphatic rings. The van der Waals surface area contributed by atoms with E-state index < -0.39 is 0 Å². The second kappa shape index (κ2) is 5.73. The number of carbonyl (C=O) groups excluding carboxylic acids is 1. The summed E-state index contributed by atoms with van der Waals surface area (Å²) >= 11 is 2.25. The van der Waals surface area contributed by atoms with Crippen LogP contribution in [0.2, 0.25) is 0 Å². The Hall–Kier alpha value is -1.37. The summed E-state index contributed by atoms with van der Waals surface area (Å²) in [6.45, 7) is 5.64. The van der Waals surface area contributed by atoms with Crippen LogP contribution < -0.4 is 5.32 Å². The Kier molecular flexibility index (Phi) is 4.24. The van der Waals surface area contributed by atoms with Gasteiger partial charge in [0.05, 0.1) is 12.1 Å². The van der Waals surface area contributed by atoms with Crippen molar-refractivity contribution in [1.29, 1.82) is 0 Å². The van der Waals surface area contributed by atoms with E-state index in [9.17, 15) is 4.79 Å². The highest BCUT2D eigenvalue weighted by Gasteiger charge is 2.14. The highest BCUT2D eigenvalue weighted by molar-refractivity contribution is 14.1. The Labute approximate surface area is 125 Å². The van der Waals surface area contributed by atoms with Gasteiger partial charge in [-0.2, -0.15) is 0 Å². The number of carbonyl (C=O) groups is 1. The fourth-order valence-electron chi connectivity index (χ4n) is 1.88. The molecule has 0 saturated heterocycles. The van der Waals surface area contributed by atoms with Gasteiger partial charge in [-0.1, -0.05) is 5.16 Å². The Morgan fingerprint density at radius 3 is 2.68 bits per heavy atom. The largest absolute Gasteiger partial charge is 0.361 e. The summed E-state index contributed by atoms with van der Waals surface area (Å²) in [5.74, 6) is 0.644. The standard InChI is InChI=1S/C14H15IN2O2/c1-8-6-11(15)4-5-13(8)16-14(18)7-12-9(2)17-19-10(12)3/h4-6H,7H2,1-3H3,(H,16,18). The summed E-state index contributed by atoms with van der Waals surface area (Å²) in [7, 11) is 0. The number of hydrogen-bond donors (Lipinski definition) is 1. The number of nitrogens with zero attached hydrogens (tertiary/aromatic N) is 1. The maximum Gasteiger partial charge on any atom is 0.229 e. The number of amides is 1. The Bertz CT molecular complexity index is 600. The van der Waals surface area contributed by atoms with Gasteiger partial charge in [-0.05, 0) is 67.1 Å². The zero-order valence-corrected chi connectivity index (χ0v) is 13.2. The second-order valence-corrected chi connectivity index (χ2v) is 5.73. The third-order valence-corrected chi connectivity index (χ3v) is 3.65. The number of rotatable bonds is 3. The fraction of sp³-hybridized carbons (Fsp3) is 0.286. The van der Waals surface area contributed by atoms with Gasteiger partial charge in [-0.3, -0.25) is 4.79 Å². The van der Waals surface area contributed by atoms with Gasteiger partial charge >= 0.3 is 0 Å². The summed E-state index contributed by atoms with van der Waals surface area (Å²) in [4.78, 5) is 12.0. The summed E-state index contributed by atoms with van der Waals surface area (Å²) < 4.78 is 6.21. The Balaban J connectivity index is 2.10. The molecule has 0 aliphatic carbocycles. The van der Waals surface area contributed by atoms with Gasteiger partial charge in [0.1, 0.15) is 5.76 Å². The normalized spacial score (nSPS) is 10.5. The number of anilines is 1. The molecule has 2 rings (SSSR count). The SMILES string of the molecule is Cc1cc(I)ccc1NC(=O)Cc1c(C)noc1C. The molecule has 100 valence electrons. The highest BCUT2D eigenvalue weighted by Crippen LogP contribution is 2.19. The molecule has 2 aromatic rings. The molecular weight excluding hydrogens is 355 g/mol. The summed E-state index contributed by atoms with van der Waals surface area (Å²) in [5.41, 5.74) is 3.53. The molecule has 4 nitrogen and oxygen atoms in total. The summed E-state index contributed by atoms with van der Waals surface area (Å²) in [6, 6.07) is 5.92. The van der Waals surface area contributed by atoms with Crippen LogP contribution in [0.5, 0.6) is 0 Å². The van der Waals surface area contributed by atoms with E-state index in [0.717, 1.165) is 26.1 Å². The first-order chi connectivity index (χ1) is 8.97. The van der Waals surface area contributed by atoms with Gasteiger partial charge in [-0.25, -0.2) is 0 Å². The molecule has 5 heteroatoms. The van der Waals surface area contributed by atoms with Crippen LogP contribution in [0.3, 0.4) is 0 Å². The molecule has 0 aliphatic heterocycles. The van der Waals surface area contributed by atoms with E-state index in [4.69, 9.17) is 4.52 Å². The fourth-order valence-corrected chi connectivity index (χ4v) is 2.52. The third kappa shape index (κ3) is 3.34.